The van der Waals surface area contributed by atoms with E-state index in [2.05, 4.69) is 26.5 Å². The molecule has 104 valence electrons. The van der Waals surface area contributed by atoms with Gasteiger partial charge in [-0.2, -0.15) is 4.68 Å². The fourth-order valence-corrected chi connectivity index (χ4v) is 2.18. The number of aromatic nitrogens is 2. The Hall–Kier alpha value is -2.26. The van der Waals surface area contributed by atoms with E-state index in [1.165, 1.54) is 10.9 Å². The number of benzene rings is 1. The average molecular weight is 340 g/mol. The molecule has 0 bridgehead atoms. The van der Waals surface area contributed by atoms with Gasteiger partial charge < -0.3 is 10.1 Å². The summed E-state index contributed by atoms with van der Waals surface area (Å²) in [7, 11) is 0. The second kappa shape index (κ2) is 5.80. The van der Waals surface area contributed by atoms with Crippen LogP contribution in [-0.4, -0.2) is 20.6 Å². The largest absolute Gasteiger partial charge is 0.404 e. The number of rotatable bonds is 4. The Morgan fingerprint density at radius 1 is 1.50 bits per heavy atom. The maximum atomic E-state index is 11.6. The first-order valence-electron chi connectivity index (χ1n) is 5.49. The number of nitrogens with one attached hydrogen (secondary N) is 1. The first-order chi connectivity index (χ1) is 9.52. The molecular formula is C11H10BrN5O3. The Morgan fingerprint density at radius 2 is 2.20 bits per heavy atom. The molecule has 20 heavy (non-hydrogen) atoms. The van der Waals surface area contributed by atoms with E-state index in [0.29, 0.717) is 11.1 Å². The van der Waals surface area contributed by atoms with Gasteiger partial charge in [0, 0.05) is 5.56 Å². The van der Waals surface area contributed by atoms with Gasteiger partial charge in [0.25, 0.3) is 5.91 Å². The average Bonchev–Trinajstić information content (AvgIpc) is 2.79. The lowest BCUT2D eigenvalue weighted by Gasteiger charge is -2.06. The summed E-state index contributed by atoms with van der Waals surface area (Å²) in [5.41, 5.74) is 3.10. The van der Waals surface area contributed by atoms with Crippen LogP contribution in [0.3, 0.4) is 0 Å². The number of nitrogens with zero attached hydrogens (tertiary/aromatic N) is 3. The summed E-state index contributed by atoms with van der Waals surface area (Å²) in [4.78, 5) is 21.8. The number of hydrazine groups is 1. The van der Waals surface area contributed by atoms with Gasteiger partial charge in [-0.05, 0) is 32.5 Å². The lowest BCUT2D eigenvalue weighted by Crippen LogP contribution is -2.31. The highest BCUT2D eigenvalue weighted by Crippen LogP contribution is 2.23. The first kappa shape index (κ1) is 14.2. The van der Waals surface area contributed by atoms with E-state index in [0.717, 1.165) is 0 Å². The number of halogens is 1. The Balaban J connectivity index is 2.33. The third-order valence-electron chi connectivity index (χ3n) is 2.60. The van der Waals surface area contributed by atoms with Crippen molar-refractivity contribution in [1.29, 1.82) is 0 Å². The normalized spacial score (nSPS) is 10.3. The Bertz CT molecular complexity index is 670. The molecule has 2 rings (SSSR count). The molecule has 0 fully saturated rings. The fraction of sp³-hybridized carbons (Fsp3) is 0.0909. The van der Waals surface area contributed by atoms with Crippen molar-refractivity contribution >= 4 is 27.7 Å². The van der Waals surface area contributed by atoms with Crippen LogP contribution in [0.25, 0.3) is 0 Å². The fourth-order valence-electron chi connectivity index (χ4n) is 1.72. The van der Waals surface area contributed by atoms with Crippen molar-refractivity contribution in [3.05, 3.63) is 56.2 Å². The summed E-state index contributed by atoms with van der Waals surface area (Å²) in [6, 6.07) is 6.81. The number of nitro groups is 1. The molecule has 1 aromatic carbocycles. The zero-order valence-corrected chi connectivity index (χ0v) is 11.7. The van der Waals surface area contributed by atoms with E-state index < -0.39 is 10.8 Å². The van der Waals surface area contributed by atoms with Crippen molar-refractivity contribution in [3.63, 3.8) is 0 Å². The smallest absolute Gasteiger partial charge is 0.358 e. The number of nitrogen functional groups attached to an aromatic ring is 1. The molecule has 8 nitrogen and oxygen atoms in total. The standard InChI is InChI=1S/C11H10BrN5O3/c12-9-6-16(15-10(9)17(19)20)5-7-3-1-2-4-8(7)11(18)14-13/h1-4,6H,5,13H2,(H,14,18). The molecule has 9 heteroatoms. The molecule has 0 saturated carbocycles. The van der Waals surface area contributed by atoms with Crippen molar-refractivity contribution in [2.45, 2.75) is 6.54 Å². The summed E-state index contributed by atoms with van der Waals surface area (Å²) in [6.45, 7) is 0.218. The van der Waals surface area contributed by atoms with Crippen molar-refractivity contribution in [2.75, 3.05) is 0 Å². The molecule has 1 heterocycles. The minimum Gasteiger partial charge on any atom is -0.358 e. The topological polar surface area (TPSA) is 116 Å². The van der Waals surface area contributed by atoms with Gasteiger partial charge in [0.15, 0.2) is 0 Å². The number of hydrogen-bond acceptors (Lipinski definition) is 5. The maximum Gasteiger partial charge on any atom is 0.404 e. The van der Waals surface area contributed by atoms with Gasteiger partial charge in [-0.25, -0.2) is 5.84 Å². The van der Waals surface area contributed by atoms with Crippen LogP contribution in [0.5, 0.6) is 0 Å². The van der Waals surface area contributed by atoms with E-state index in [1.807, 2.05) is 0 Å². The summed E-state index contributed by atoms with van der Waals surface area (Å²) >= 11 is 3.07. The number of hydrogen-bond donors (Lipinski definition) is 2. The minimum atomic E-state index is -0.584. The van der Waals surface area contributed by atoms with Crippen LogP contribution in [0, 0.1) is 10.1 Å². The molecule has 0 radical (unpaired) electrons. The molecule has 0 saturated heterocycles. The van der Waals surface area contributed by atoms with Crippen LogP contribution < -0.4 is 11.3 Å². The SMILES string of the molecule is NNC(=O)c1ccccc1Cn1cc(Br)c([N+](=O)[O-])n1. The summed E-state index contributed by atoms with van der Waals surface area (Å²) in [6.07, 6.45) is 1.48. The lowest BCUT2D eigenvalue weighted by atomic mass is 10.1. The predicted octanol–water partition coefficient (Wildman–Crippen LogP) is 1.21. The van der Waals surface area contributed by atoms with Crippen LogP contribution in [0.2, 0.25) is 0 Å². The predicted molar refractivity (Wildman–Crippen MR) is 73.8 cm³/mol. The van der Waals surface area contributed by atoms with Crippen molar-refractivity contribution in [2.24, 2.45) is 5.84 Å². The van der Waals surface area contributed by atoms with E-state index in [9.17, 15) is 14.9 Å². The van der Waals surface area contributed by atoms with Crippen molar-refractivity contribution in [3.8, 4) is 0 Å². The van der Waals surface area contributed by atoms with Crippen LogP contribution >= 0.6 is 15.9 Å². The number of carbonyl (C=O) groups is 1. The van der Waals surface area contributed by atoms with Gasteiger partial charge >= 0.3 is 5.82 Å². The van der Waals surface area contributed by atoms with Crippen molar-refractivity contribution in [1.82, 2.24) is 15.2 Å². The van der Waals surface area contributed by atoms with Crippen LogP contribution in [0.1, 0.15) is 15.9 Å². The monoisotopic (exact) mass is 339 g/mol. The summed E-state index contributed by atoms with van der Waals surface area (Å²) < 4.78 is 1.66. The van der Waals surface area contributed by atoms with E-state index in [-0.39, 0.29) is 16.8 Å². The van der Waals surface area contributed by atoms with Crippen LogP contribution in [0.4, 0.5) is 5.82 Å². The van der Waals surface area contributed by atoms with Gasteiger partial charge in [-0.3, -0.25) is 10.2 Å². The molecular weight excluding hydrogens is 330 g/mol. The molecule has 2 aromatic rings. The second-order valence-electron chi connectivity index (χ2n) is 3.89. The molecule has 3 N–H and O–H groups in total. The highest BCUT2D eigenvalue weighted by molar-refractivity contribution is 9.10. The van der Waals surface area contributed by atoms with Gasteiger partial charge in [-0.15, -0.1) is 0 Å². The van der Waals surface area contributed by atoms with Gasteiger partial charge in [0.2, 0.25) is 0 Å². The molecule has 1 amide bonds. The summed E-state index contributed by atoms with van der Waals surface area (Å²) in [5, 5.41) is 14.6. The molecule has 0 aliphatic heterocycles. The quantitative estimate of drug-likeness (QED) is 0.376. The Kier molecular flexibility index (Phi) is 4.11. The lowest BCUT2D eigenvalue weighted by molar-refractivity contribution is -0.390. The molecule has 0 aliphatic carbocycles. The van der Waals surface area contributed by atoms with Gasteiger partial charge in [0.1, 0.15) is 4.47 Å². The number of nitrogens with two attached hydrogens (primary N) is 1. The molecule has 0 spiro atoms. The molecule has 0 aliphatic rings. The van der Waals surface area contributed by atoms with Crippen molar-refractivity contribution < 1.29 is 9.72 Å². The van der Waals surface area contributed by atoms with Crippen LogP contribution in [0.15, 0.2) is 34.9 Å². The first-order valence-corrected chi connectivity index (χ1v) is 6.28. The molecule has 0 atom stereocenters. The third kappa shape index (κ3) is 2.83. The molecule has 0 unspecified atom stereocenters. The second-order valence-corrected chi connectivity index (χ2v) is 4.74. The van der Waals surface area contributed by atoms with Crippen LogP contribution in [-0.2, 0) is 6.54 Å². The highest BCUT2D eigenvalue weighted by atomic mass is 79.9. The number of amides is 1. The molecule has 1 aromatic heterocycles. The van der Waals surface area contributed by atoms with Gasteiger partial charge in [-0.1, -0.05) is 18.2 Å². The third-order valence-corrected chi connectivity index (χ3v) is 3.16. The maximum absolute atomic E-state index is 11.6. The zero-order chi connectivity index (χ0) is 14.7. The van der Waals surface area contributed by atoms with E-state index in [4.69, 9.17) is 5.84 Å². The van der Waals surface area contributed by atoms with E-state index >= 15 is 0 Å². The Labute approximate surface area is 121 Å². The highest BCUT2D eigenvalue weighted by Gasteiger charge is 2.19. The van der Waals surface area contributed by atoms with Gasteiger partial charge in [0.05, 0.1) is 17.8 Å². The zero-order valence-electron chi connectivity index (χ0n) is 10.1. The number of carbonyl (C=O) groups excluding carboxylic acids is 1. The minimum absolute atomic E-state index is 0.218. The van der Waals surface area contributed by atoms with E-state index in [1.54, 1.807) is 24.3 Å². The Morgan fingerprint density at radius 3 is 2.80 bits per heavy atom. The summed E-state index contributed by atoms with van der Waals surface area (Å²) in [5.74, 6) is 4.41.